The lowest BCUT2D eigenvalue weighted by Crippen LogP contribution is -2.32. The third kappa shape index (κ3) is 3.80. The molecule has 2 rings (SSSR count). The van der Waals surface area contributed by atoms with E-state index in [1.165, 1.54) is 11.1 Å². The Morgan fingerprint density at radius 1 is 1.47 bits per heavy atom. The lowest BCUT2D eigenvalue weighted by Gasteiger charge is -2.21. The maximum atomic E-state index is 11.7. The topological polar surface area (TPSA) is 38.3 Å². The van der Waals surface area contributed by atoms with Gasteiger partial charge in [0.05, 0.1) is 6.54 Å². The standard InChI is InChI=1S/C15H20BrNO2/c1-15(2,3)19-14(18)9-17-13-8-7-10-11(13)5-4-6-12(10)16/h4-6,13,17H,7-9H2,1-3H3. The van der Waals surface area contributed by atoms with Gasteiger partial charge in [-0.1, -0.05) is 28.1 Å². The lowest BCUT2D eigenvalue weighted by molar-refractivity contribution is -0.153. The number of halogens is 1. The van der Waals surface area contributed by atoms with Crippen molar-refractivity contribution < 1.29 is 9.53 Å². The van der Waals surface area contributed by atoms with E-state index in [1.54, 1.807) is 0 Å². The zero-order chi connectivity index (χ0) is 14.0. The molecule has 1 aromatic carbocycles. The zero-order valence-electron chi connectivity index (χ0n) is 11.6. The molecule has 1 aliphatic rings. The molecule has 4 heteroatoms. The Morgan fingerprint density at radius 2 is 2.21 bits per heavy atom. The van der Waals surface area contributed by atoms with E-state index in [0.29, 0.717) is 0 Å². The third-order valence-corrected chi connectivity index (χ3v) is 3.87. The van der Waals surface area contributed by atoms with Gasteiger partial charge in [-0.05, 0) is 50.8 Å². The maximum Gasteiger partial charge on any atom is 0.320 e. The van der Waals surface area contributed by atoms with Gasteiger partial charge in [0.25, 0.3) is 0 Å². The number of rotatable bonds is 3. The summed E-state index contributed by atoms with van der Waals surface area (Å²) in [5.74, 6) is -0.198. The Labute approximate surface area is 122 Å². The molecule has 0 bridgehead atoms. The fourth-order valence-electron chi connectivity index (χ4n) is 2.41. The van der Waals surface area contributed by atoms with E-state index in [0.717, 1.165) is 17.3 Å². The highest BCUT2D eigenvalue weighted by molar-refractivity contribution is 9.10. The Balaban J connectivity index is 1.93. The fraction of sp³-hybridized carbons (Fsp3) is 0.533. The van der Waals surface area contributed by atoms with Crippen LogP contribution >= 0.6 is 15.9 Å². The first-order valence-corrected chi connectivity index (χ1v) is 7.38. The van der Waals surface area contributed by atoms with Crippen LogP contribution < -0.4 is 5.32 Å². The van der Waals surface area contributed by atoms with Crippen molar-refractivity contribution in [3.63, 3.8) is 0 Å². The second-order valence-corrected chi connectivity index (χ2v) is 6.72. The lowest BCUT2D eigenvalue weighted by atomic mass is 10.1. The SMILES string of the molecule is CC(C)(C)OC(=O)CNC1CCc2c(Br)cccc21. The summed E-state index contributed by atoms with van der Waals surface area (Å²) in [6.45, 7) is 5.90. The van der Waals surface area contributed by atoms with Gasteiger partial charge in [0.1, 0.15) is 5.60 Å². The van der Waals surface area contributed by atoms with E-state index in [-0.39, 0.29) is 18.6 Å². The zero-order valence-corrected chi connectivity index (χ0v) is 13.2. The summed E-state index contributed by atoms with van der Waals surface area (Å²) in [5.41, 5.74) is 2.22. The highest BCUT2D eigenvalue weighted by Gasteiger charge is 2.25. The van der Waals surface area contributed by atoms with Crippen molar-refractivity contribution in [2.45, 2.75) is 45.3 Å². The van der Waals surface area contributed by atoms with Crippen LogP contribution in [0.2, 0.25) is 0 Å². The molecule has 0 radical (unpaired) electrons. The van der Waals surface area contributed by atoms with Crippen LogP contribution in [0.25, 0.3) is 0 Å². The Hall–Kier alpha value is -0.870. The fourth-order valence-corrected chi connectivity index (χ4v) is 2.99. The highest BCUT2D eigenvalue weighted by Crippen LogP contribution is 2.35. The Kier molecular flexibility index (Phi) is 4.31. The van der Waals surface area contributed by atoms with Crippen LogP contribution in [0.4, 0.5) is 0 Å². The summed E-state index contributed by atoms with van der Waals surface area (Å²) in [6.07, 6.45) is 2.07. The molecular formula is C15H20BrNO2. The van der Waals surface area contributed by atoms with Crippen LogP contribution in [0.3, 0.4) is 0 Å². The Bertz CT molecular complexity index is 480. The van der Waals surface area contributed by atoms with Crippen molar-refractivity contribution in [3.05, 3.63) is 33.8 Å². The molecule has 3 nitrogen and oxygen atoms in total. The molecule has 104 valence electrons. The van der Waals surface area contributed by atoms with Crippen molar-refractivity contribution in [1.29, 1.82) is 0 Å². The molecule has 0 aliphatic heterocycles. The summed E-state index contributed by atoms with van der Waals surface area (Å²) in [4.78, 5) is 11.7. The Morgan fingerprint density at radius 3 is 2.89 bits per heavy atom. The van der Waals surface area contributed by atoms with Gasteiger partial charge in [-0.2, -0.15) is 0 Å². The minimum absolute atomic E-state index is 0.198. The van der Waals surface area contributed by atoms with Crippen LogP contribution in [0.5, 0.6) is 0 Å². The minimum Gasteiger partial charge on any atom is -0.459 e. The van der Waals surface area contributed by atoms with Crippen molar-refractivity contribution >= 4 is 21.9 Å². The second kappa shape index (κ2) is 5.63. The highest BCUT2D eigenvalue weighted by atomic mass is 79.9. The average molecular weight is 326 g/mol. The summed E-state index contributed by atoms with van der Waals surface area (Å²) in [6, 6.07) is 6.48. The predicted octanol–water partition coefficient (Wildman–Crippen LogP) is 3.37. The molecular weight excluding hydrogens is 306 g/mol. The summed E-state index contributed by atoms with van der Waals surface area (Å²) in [7, 11) is 0. The molecule has 1 aliphatic carbocycles. The molecule has 0 fully saturated rings. The van der Waals surface area contributed by atoms with E-state index in [1.807, 2.05) is 26.8 Å². The number of carbonyl (C=O) groups is 1. The first-order valence-electron chi connectivity index (χ1n) is 6.59. The minimum atomic E-state index is -0.421. The van der Waals surface area contributed by atoms with Gasteiger partial charge in [-0.25, -0.2) is 0 Å². The van der Waals surface area contributed by atoms with Gasteiger partial charge in [0.15, 0.2) is 0 Å². The van der Waals surface area contributed by atoms with Gasteiger partial charge >= 0.3 is 5.97 Å². The van der Waals surface area contributed by atoms with Gasteiger partial charge in [-0.15, -0.1) is 0 Å². The van der Waals surface area contributed by atoms with Crippen LogP contribution in [-0.2, 0) is 16.0 Å². The normalized spacial score (nSPS) is 18.2. The summed E-state index contributed by atoms with van der Waals surface area (Å²) >= 11 is 3.58. The van der Waals surface area contributed by atoms with Gasteiger partial charge in [-0.3, -0.25) is 4.79 Å². The van der Waals surface area contributed by atoms with E-state index < -0.39 is 5.60 Å². The van der Waals surface area contributed by atoms with Crippen molar-refractivity contribution in [2.24, 2.45) is 0 Å². The monoisotopic (exact) mass is 325 g/mol. The second-order valence-electron chi connectivity index (χ2n) is 5.87. The van der Waals surface area contributed by atoms with E-state index in [9.17, 15) is 4.79 Å². The number of hydrogen-bond donors (Lipinski definition) is 1. The number of hydrogen-bond acceptors (Lipinski definition) is 3. The molecule has 0 aromatic heterocycles. The van der Waals surface area contributed by atoms with E-state index >= 15 is 0 Å². The number of ether oxygens (including phenoxy) is 1. The van der Waals surface area contributed by atoms with Gasteiger partial charge < -0.3 is 10.1 Å². The van der Waals surface area contributed by atoms with E-state index in [4.69, 9.17) is 4.74 Å². The third-order valence-electron chi connectivity index (χ3n) is 3.13. The first-order chi connectivity index (χ1) is 8.87. The number of fused-ring (bicyclic) bond motifs is 1. The first kappa shape index (κ1) is 14.5. The molecule has 0 spiro atoms. The quantitative estimate of drug-likeness (QED) is 0.866. The van der Waals surface area contributed by atoms with Crippen molar-refractivity contribution in [2.75, 3.05) is 6.54 Å². The molecule has 0 heterocycles. The van der Waals surface area contributed by atoms with Gasteiger partial charge in [0, 0.05) is 10.5 Å². The van der Waals surface area contributed by atoms with Crippen LogP contribution in [-0.4, -0.2) is 18.1 Å². The van der Waals surface area contributed by atoms with Gasteiger partial charge in [0.2, 0.25) is 0 Å². The average Bonchev–Trinajstić information content (AvgIpc) is 2.69. The van der Waals surface area contributed by atoms with Crippen molar-refractivity contribution in [1.82, 2.24) is 5.32 Å². The number of carbonyl (C=O) groups excluding carboxylic acids is 1. The van der Waals surface area contributed by atoms with Crippen LogP contribution in [0.15, 0.2) is 22.7 Å². The molecule has 0 saturated carbocycles. The van der Waals surface area contributed by atoms with Crippen LogP contribution in [0, 0.1) is 0 Å². The van der Waals surface area contributed by atoms with E-state index in [2.05, 4.69) is 33.4 Å². The number of benzene rings is 1. The van der Waals surface area contributed by atoms with Crippen molar-refractivity contribution in [3.8, 4) is 0 Å². The molecule has 1 atom stereocenters. The largest absolute Gasteiger partial charge is 0.459 e. The molecule has 1 aromatic rings. The number of nitrogens with one attached hydrogen (secondary N) is 1. The number of esters is 1. The molecule has 1 unspecified atom stereocenters. The summed E-state index contributed by atoms with van der Waals surface area (Å²) < 4.78 is 6.46. The van der Waals surface area contributed by atoms with Crippen LogP contribution in [0.1, 0.15) is 44.4 Å². The molecule has 19 heavy (non-hydrogen) atoms. The maximum absolute atomic E-state index is 11.7. The smallest absolute Gasteiger partial charge is 0.320 e. The molecule has 0 amide bonds. The summed E-state index contributed by atoms with van der Waals surface area (Å²) in [5, 5.41) is 3.29. The molecule has 1 N–H and O–H groups in total. The predicted molar refractivity (Wildman–Crippen MR) is 79.1 cm³/mol. The molecule has 0 saturated heterocycles.